The van der Waals surface area contributed by atoms with Crippen LogP contribution >= 0.6 is 0 Å². The summed E-state index contributed by atoms with van der Waals surface area (Å²) in [4.78, 5) is 37.4. The number of carbonyl (C=O) groups excluding carboxylic acids is 2. The van der Waals surface area contributed by atoms with Crippen LogP contribution in [-0.4, -0.2) is 76.3 Å². The van der Waals surface area contributed by atoms with Gasteiger partial charge in [-0.2, -0.15) is 5.10 Å². The summed E-state index contributed by atoms with van der Waals surface area (Å²) in [6.45, 7) is 3.55. The second-order valence-corrected chi connectivity index (χ2v) is 8.02. The lowest BCUT2D eigenvalue weighted by molar-refractivity contribution is -0.137. The average Bonchev–Trinajstić information content (AvgIpc) is 3.42. The van der Waals surface area contributed by atoms with E-state index in [0.717, 1.165) is 11.1 Å². The smallest absolute Gasteiger partial charge is 0.290 e. The molecule has 10 heteroatoms. The fraction of sp³-hybridized carbons (Fsp3) is 0.455. The molecule has 2 fully saturated rings. The highest BCUT2D eigenvalue weighted by Crippen LogP contribution is 2.45. The largest absolute Gasteiger partial charge is 0.483 e. The maximum absolute atomic E-state index is 13.9. The molecule has 0 unspecified atom stereocenters. The van der Waals surface area contributed by atoms with Crippen LogP contribution in [0.2, 0.25) is 0 Å². The maximum Gasteiger partial charge on any atom is 0.290 e. The fourth-order valence-electron chi connectivity index (χ4n) is 4.62. The quantitative estimate of drug-likeness (QED) is 0.695. The van der Waals surface area contributed by atoms with Crippen molar-refractivity contribution in [2.24, 2.45) is 11.8 Å². The zero-order chi connectivity index (χ0) is 23.3. The molecule has 0 saturated carbocycles. The highest BCUT2D eigenvalue weighted by atomic mass is 19.1. The Labute approximate surface area is 185 Å². The standard InChI is InChI=1S/C21H25FN4O3.CH2O2/c1-14-7-23-25(8-14)12-19(27)24-9-16-10-26(20(28)13-29-2)21(18(16)11-24)15-4-3-5-17(22)6-15;2-1-3/h3-8,16,18,21H,9-13H2,1-2H3;1H,(H,2,3)/t16-,18-,21+;/m1./s1. The van der Waals surface area contributed by atoms with Crippen LogP contribution in [0.3, 0.4) is 0 Å². The van der Waals surface area contributed by atoms with Gasteiger partial charge in [-0.3, -0.25) is 19.1 Å². The first-order chi connectivity index (χ1) is 15.4. The predicted molar refractivity (Wildman–Crippen MR) is 112 cm³/mol. The summed E-state index contributed by atoms with van der Waals surface area (Å²) in [6, 6.07) is 6.13. The third-order valence-corrected chi connectivity index (χ3v) is 5.85. The van der Waals surface area contributed by atoms with Crippen molar-refractivity contribution in [3.05, 3.63) is 53.6 Å². The van der Waals surface area contributed by atoms with E-state index in [1.807, 2.05) is 24.1 Å². The molecular formula is C22H27FN4O5. The Kier molecular flexibility index (Phi) is 7.57. The number of aromatic nitrogens is 2. The minimum atomic E-state index is -0.329. The lowest BCUT2D eigenvalue weighted by Gasteiger charge is -2.30. The van der Waals surface area contributed by atoms with Gasteiger partial charge in [0.15, 0.2) is 0 Å². The third-order valence-electron chi connectivity index (χ3n) is 5.85. The monoisotopic (exact) mass is 446 g/mol. The van der Waals surface area contributed by atoms with E-state index in [-0.39, 0.29) is 55.1 Å². The van der Waals surface area contributed by atoms with Gasteiger partial charge in [-0.1, -0.05) is 12.1 Å². The molecule has 0 bridgehead atoms. The van der Waals surface area contributed by atoms with E-state index in [4.69, 9.17) is 14.6 Å². The molecule has 3 atom stereocenters. The van der Waals surface area contributed by atoms with Crippen molar-refractivity contribution < 1.29 is 28.6 Å². The summed E-state index contributed by atoms with van der Waals surface area (Å²) >= 11 is 0. The SMILES string of the molecule is COCC(=O)N1C[C@H]2CN(C(=O)Cn3cc(C)cn3)C[C@H]2[C@@H]1c1cccc(F)c1.O=CO. The number of carbonyl (C=O) groups is 3. The Hall–Kier alpha value is -3.27. The molecule has 2 aromatic rings. The Bertz CT molecular complexity index is 965. The van der Waals surface area contributed by atoms with E-state index >= 15 is 0 Å². The topological polar surface area (TPSA) is 105 Å². The van der Waals surface area contributed by atoms with Gasteiger partial charge >= 0.3 is 0 Å². The molecule has 4 rings (SSSR count). The summed E-state index contributed by atoms with van der Waals surface area (Å²) in [5.41, 5.74) is 1.77. The normalized spacial score (nSPS) is 21.7. The fourth-order valence-corrected chi connectivity index (χ4v) is 4.62. The molecule has 172 valence electrons. The molecule has 32 heavy (non-hydrogen) atoms. The van der Waals surface area contributed by atoms with E-state index in [1.165, 1.54) is 19.2 Å². The number of likely N-dealkylation sites (tertiary alicyclic amines) is 2. The summed E-state index contributed by atoms with van der Waals surface area (Å²) in [5, 5.41) is 11.1. The summed E-state index contributed by atoms with van der Waals surface area (Å²) in [7, 11) is 1.49. The first kappa shape index (κ1) is 23.4. The van der Waals surface area contributed by atoms with Crippen LogP contribution in [0.1, 0.15) is 17.2 Å². The van der Waals surface area contributed by atoms with Gasteiger partial charge in [-0.15, -0.1) is 0 Å². The second-order valence-electron chi connectivity index (χ2n) is 8.02. The van der Waals surface area contributed by atoms with Crippen LogP contribution in [0, 0.1) is 24.6 Å². The van der Waals surface area contributed by atoms with Crippen molar-refractivity contribution >= 4 is 18.3 Å². The molecule has 1 aromatic heterocycles. The predicted octanol–water partition coefficient (Wildman–Crippen LogP) is 1.34. The number of methoxy groups -OCH3 is 1. The molecule has 2 aliphatic rings. The van der Waals surface area contributed by atoms with Crippen LogP contribution in [-0.2, 0) is 25.7 Å². The van der Waals surface area contributed by atoms with Crippen molar-refractivity contribution in [3.8, 4) is 0 Å². The first-order valence-electron chi connectivity index (χ1n) is 10.3. The van der Waals surface area contributed by atoms with Crippen molar-refractivity contribution in [2.45, 2.75) is 19.5 Å². The molecule has 2 aliphatic heterocycles. The molecule has 3 heterocycles. The number of benzene rings is 1. The summed E-state index contributed by atoms with van der Waals surface area (Å²) in [6.07, 6.45) is 3.57. The van der Waals surface area contributed by atoms with Gasteiger partial charge in [0, 0.05) is 44.8 Å². The number of carboxylic acid groups (broad SMARTS) is 1. The molecule has 2 saturated heterocycles. The van der Waals surface area contributed by atoms with Gasteiger partial charge in [-0.05, 0) is 30.2 Å². The van der Waals surface area contributed by atoms with Crippen molar-refractivity contribution in [3.63, 3.8) is 0 Å². The first-order valence-corrected chi connectivity index (χ1v) is 10.3. The maximum atomic E-state index is 13.9. The van der Waals surface area contributed by atoms with Gasteiger partial charge < -0.3 is 19.6 Å². The minimum Gasteiger partial charge on any atom is -0.483 e. The van der Waals surface area contributed by atoms with E-state index in [1.54, 1.807) is 21.8 Å². The van der Waals surface area contributed by atoms with E-state index < -0.39 is 0 Å². The second kappa shape index (κ2) is 10.4. The zero-order valence-electron chi connectivity index (χ0n) is 18.1. The molecule has 9 nitrogen and oxygen atoms in total. The Morgan fingerprint density at radius 1 is 1.28 bits per heavy atom. The molecule has 2 amide bonds. The summed E-state index contributed by atoms with van der Waals surface area (Å²) < 4.78 is 20.6. The lowest BCUT2D eigenvalue weighted by atomic mass is 9.89. The highest BCUT2D eigenvalue weighted by molar-refractivity contribution is 5.79. The summed E-state index contributed by atoms with van der Waals surface area (Å²) in [5.74, 6) is -0.199. The Balaban J connectivity index is 0.000000913. The van der Waals surface area contributed by atoms with Crippen LogP contribution in [0.15, 0.2) is 36.7 Å². The van der Waals surface area contributed by atoms with E-state index in [0.29, 0.717) is 19.6 Å². The molecule has 0 spiro atoms. The van der Waals surface area contributed by atoms with Crippen LogP contribution in [0.5, 0.6) is 0 Å². The van der Waals surface area contributed by atoms with Crippen molar-refractivity contribution in [2.75, 3.05) is 33.4 Å². The number of fused-ring (bicyclic) bond motifs is 1. The van der Waals surface area contributed by atoms with E-state index in [9.17, 15) is 14.0 Å². The van der Waals surface area contributed by atoms with Gasteiger partial charge in [0.05, 0.1) is 12.2 Å². The number of rotatable bonds is 5. The zero-order valence-corrected chi connectivity index (χ0v) is 18.1. The van der Waals surface area contributed by atoms with Gasteiger partial charge in [0.25, 0.3) is 6.47 Å². The number of hydrogen-bond donors (Lipinski definition) is 1. The number of amides is 2. The average molecular weight is 446 g/mol. The van der Waals surface area contributed by atoms with Crippen LogP contribution < -0.4 is 0 Å². The van der Waals surface area contributed by atoms with Crippen molar-refractivity contribution in [1.29, 1.82) is 0 Å². The van der Waals surface area contributed by atoms with Crippen LogP contribution in [0.4, 0.5) is 4.39 Å². The minimum absolute atomic E-state index is 0.00739. The van der Waals surface area contributed by atoms with E-state index in [2.05, 4.69) is 5.10 Å². The Morgan fingerprint density at radius 3 is 2.66 bits per heavy atom. The lowest BCUT2D eigenvalue weighted by Crippen LogP contribution is -2.39. The number of halogens is 1. The molecule has 0 aliphatic carbocycles. The third kappa shape index (κ3) is 5.13. The number of nitrogens with zero attached hydrogens (tertiary/aromatic N) is 4. The molecule has 1 N–H and O–H groups in total. The van der Waals surface area contributed by atoms with Gasteiger partial charge in [-0.25, -0.2) is 4.39 Å². The van der Waals surface area contributed by atoms with Gasteiger partial charge in [0.2, 0.25) is 11.8 Å². The molecular weight excluding hydrogens is 419 g/mol. The van der Waals surface area contributed by atoms with Crippen molar-refractivity contribution in [1.82, 2.24) is 19.6 Å². The molecule has 1 aromatic carbocycles. The highest BCUT2D eigenvalue weighted by Gasteiger charge is 2.50. The van der Waals surface area contributed by atoms with Gasteiger partial charge in [0.1, 0.15) is 19.0 Å². The molecule has 0 radical (unpaired) electrons. The van der Waals surface area contributed by atoms with Crippen LogP contribution in [0.25, 0.3) is 0 Å². The number of hydrogen-bond acceptors (Lipinski definition) is 5. The number of ether oxygens (including phenoxy) is 1. The number of aryl methyl sites for hydroxylation is 1. The Morgan fingerprint density at radius 2 is 2.03 bits per heavy atom.